The Balaban J connectivity index is 1.86. The van der Waals surface area contributed by atoms with Crippen molar-refractivity contribution in [3.63, 3.8) is 0 Å². The molecule has 0 aromatic rings. The summed E-state index contributed by atoms with van der Waals surface area (Å²) in [6, 6.07) is 0.868. The largest absolute Gasteiger partial charge is 0.330 e. The van der Waals surface area contributed by atoms with Crippen molar-refractivity contribution in [1.82, 2.24) is 4.90 Å². The van der Waals surface area contributed by atoms with Crippen LogP contribution in [0.5, 0.6) is 0 Å². The Morgan fingerprint density at radius 1 is 1.42 bits per heavy atom. The third-order valence-electron chi connectivity index (χ3n) is 3.60. The number of rotatable bonds is 2. The van der Waals surface area contributed by atoms with Gasteiger partial charge >= 0.3 is 0 Å². The van der Waals surface area contributed by atoms with Gasteiger partial charge in [-0.15, -0.1) is 0 Å². The van der Waals surface area contributed by atoms with Crippen LogP contribution in [0.3, 0.4) is 0 Å². The minimum absolute atomic E-state index is 0.857. The highest BCUT2D eigenvalue weighted by Crippen LogP contribution is 2.44. The molecule has 3 unspecified atom stereocenters. The summed E-state index contributed by atoms with van der Waals surface area (Å²) in [5.74, 6) is 1.80. The highest BCUT2D eigenvalue weighted by Gasteiger charge is 2.43. The van der Waals surface area contributed by atoms with Gasteiger partial charge in [0.2, 0.25) is 0 Å². The van der Waals surface area contributed by atoms with Crippen molar-refractivity contribution < 1.29 is 0 Å². The predicted molar refractivity (Wildman–Crippen MR) is 50.9 cm³/mol. The third kappa shape index (κ3) is 1.50. The van der Waals surface area contributed by atoms with E-state index >= 15 is 0 Å². The number of hydrogen-bond donors (Lipinski definition) is 1. The van der Waals surface area contributed by atoms with Gasteiger partial charge in [-0.3, -0.25) is 0 Å². The molecule has 0 aromatic carbocycles. The molecule has 2 rings (SSSR count). The van der Waals surface area contributed by atoms with Crippen molar-refractivity contribution in [2.24, 2.45) is 17.6 Å². The number of nitrogens with two attached hydrogens (primary N) is 1. The molecule has 1 saturated carbocycles. The number of piperidine rings is 1. The molecule has 2 fully saturated rings. The van der Waals surface area contributed by atoms with Gasteiger partial charge in [0.15, 0.2) is 0 Å². The maximum Gasteiger partial charge on any atom is 0.0124 e. The lowest BCUT2D eigenvalue weighted by molar-refractivity contribution is 0.160. The van der Waals surface area contributed by atoms with Gasteiger partial charge in [-0.1, -0.05) is 6.42 Å². The van der Waals surface area contributed by atoms with E-state index < -0.39 is 0 Å². The second-order valence-corrected chi connectivity index (χ2v) is 4.44. The number of likely N-dealkylation sites (tertiary alicyclic amines) is 1. The van der Waals surface area contributed by atoms with Crippen LogP contribution in [0.1, 0.15) is 25.7 Å². The Labute approximate surface area is 75.1 Å². The van der Waals surface area contributed by atoms with Crippen molar-refractivity contribution in [3.8, 4) is 0 Å². The monoisotopic (exact) mass is 168 g/mol. The van der Waals surface area contributed by atoms with Crippen molar-refractivity contribution in [2.45, 2.75) is 31.7 Å². The van der Waals surface area contributed by atoms with Gasteiger partial charge in [0.1, 0.15) is 0 Å². The van der Waals surface area contributed by atoms with Crippen LogP contribution in [0, 0.1) is 11.8 Å². The Kier molecular flexibility index (Phi) is 2.37. The molecule has 0 bridgehead atoms. The first-order valence-electron chi connectivity index (χ1n) is 5.23. The molecule has 1 heterocycles. The third-order valence-corrected chi connectivity index (χ3v) is 3.60. The Morgan fingerprint density at radius 2 is 2.25 bits per heavy atom. The first-order valence-corrected chi connectivity index (χ1v) is 5.23. The van der Waals surface area contributed by atoms with Gasteiger partial charge in [-0.25, -0.2) is 0 Å². The summed E-state index contributed by atoms with van der Waals surface area (Å²) in [7, 11) is 2.27. The highest BCUT2D eigenvalue weighted by molar-refractivity contribution is 4.96. The average Bonchev–Trinajstić information content (AvgIpc) is 2.84. The summed E-state index contributed by atoms with van der Waals surface area (Å²) < 4.78 is 0. The highest BCUT2D eigenvalue weighted by atomic mass is 15.1. The van der Waals surface area contributed by atoms with Gasteiger partial charge in [-0.2, -0.15) is 0 Å². The van der Waals surface area contributed by atoms with E-state index in [0.717, 1.165) is 24.4 Å². The van der Waals surface area contributed by atoms with E-state index in [-0.39, 0.29) is 0 Å². The molecule has 1 saturated heterocycles. The van der Waals surface area contributed by atoms with Crippen molar-refractivity contribution >= 4 is 0 Å². The van der Waals surface area contributed by atoms with E-state index in [2.05, 4.69) is 11.9 Å². The standard InChI is InChI=1S/C10H20N2/c1-12-5-3-2-4-10(12)9-6-8(9)7-11/h8-10H,2-7,11H2,1H3. The first-order chi connectivity index (χ1) is 5.83. The first kappa shape index (κ1) is 8.52. The second-order valence-electron chi connectivity index (χ2n) is 4.44. The molecule has 0 radical (unpaired) electrons. The molecular formula is C10H20N2. The normalized spacial score (nSPS) is 43.0. The van der Waals surface area contributed by atoms with E-state index in [4.69, 9.17) is 5.73 Å². The quantitative estimate of drug-likeness (QED) is 0.668. The Bertz CT molecular complexity index is 158. The maximum absolute atomic E-state index is 5.66. The van der Waals surface area contributed by atoms with Crippen LogP contribution in [0.15, 0.2) is 0 Å². The topological polar surface area (TPSA) is 29.3 Å². The molecule has 2 nitrogen and oxygen atoms in total. The Morgan fingerprint density at radius 3 is 2.83 bits per heavy atom. The zero-order valence-electron chi connectivity index (χ0n) is 8.00. The van der Waals surface area contributed by atoms with E-state index in [1.807, 2.05) is 0 Å². The van der Waals surface area contributed by atoms with E-state index in [9.17, 15) is 0 Å². The van der Waals surface area contributed by atoms with Crippen molar-refractivity contribution in [3.05, 3.63) is 0 Å². The zero-order valence-corrected chi connectivity index (χ0v) is 8.00. The Hall–Kier alpha value is -0.0800. The van der Waals surface area contributed by atoms with Crippen LogP contribution >= 0.6 is 0 Å². The van der Waals surface area contributed by atoms with Crippen molar-refractivity contribution in [2.75, 3.05) is 20.1 Å². The fraction of sp³-hybridized carbons (Fsp3) is 1.00. The molecule has 0 amide bonds. The second kappa shape index (κ2) is 3.35. The molecule has 1 aliphatic heterocycles. The lowest BCUT2D eigenvalue weighted by Crippen LogP contribution is -2.38. The fourth-order valence-corrected chi connectivity index (χ4v) is 2.66. The lowest BCUT2D eigenvalue weighted by atomic mass is 9.98. The van der Waals surface area contributed by atoms with Gasteiger partial charge in [0, 0.05) is 6.04 Å². The van der Waals surface area contributed by atoms with E-state index in [0.29, 0.717) is 0 Å². The predicted octanol–water partition coefficient (Wildman–Crippen LogP) is 1.07. The molecule has 0 aromatic heterocycles. The van der Waals surface area contributed by atoms with Crippen LogP contribution in [0.2, 0.25) is 0 Å². The molecule has 2 N–H and O–H groups in total. The van der Waals surface area contributed by atoms with Gasteiger partial charge in [-0.05, 0) is 51.2 Å². The summed E-state index contributed by atoms with van der Waals surface area (Å²) in [5, 5.41) is 0. The van der Waals surface area contributed by atoms with Gasteiger partial charge in [0.25, 0.3) is 0 Å². The SMILES string of the molecule is CN1CCCCC1C1CC1CN. The molecule has 2 heteroatoms. The van der Waals surface area contributed by atoms with Crippen LogP contribution in [0.25, 0.3) is 0 Å². The molecule has 2 aliphatic rings. The fourth-order valence-electron chi connectivity index (χ4n) is 2.66. The molecular weight excluding hydrogens is 148 g/mol. The molecule has 12 heavy (non-hydrogen) atoms. The van der Waals surface area contributed by atoms with E-state index in [1.165, 1.54) is 32.2 Å². The molecule has 1 aliphatic carbocycles. The minimum atomic E-state index is 0.857. The summed E-state index contributed by atoms with van der Waals surface area (Å²) >= 11 is 0. The summed E-state index contributed by atoms with van der Waals surface area (Å²) in [4.78, 5) is 2.55. The van der Waals surface area contributed by atoms with E-state index in [1.54, 1.807) is 0 Å². The zero-order chi connectivity index (χ0) is 8.55. The molecule has 3 atom stereocenters. The molecule has 70 valence electrons. The van der Waals surface area contributed by atoms with Gasteiger partial charge in [0.05, 0.1) is 0 Å². The summed E-state index contributed by atoms with van der Waals surface area (Å²) in [6.07, 6.45) is 5.64. The summed E-state index contributed by atoms with van der Waals surface area (Å²) in [5.41, 5.74) is 5.66. The number of nitrogens with zero attached hydrogens (tertiary/aromatic N) is 1. The molecule has 0 spiro atoms. The van der Waals surface area contributed by atoms with Crippen LogP contribution < -0.4 is 5.73 Å². The minimum Gasteiger partial charge on any atom is -0.330 e. The maximum atomic E-state index is 5.66. The summed E-state index contributed by atoms with van der Waals surface area (Å²) in [6.45, 7) is 2.22. The smallest absolute Gasteiger partial charge is 0.0124 e. The lowest BCUT2D eigenvalue weighted by Gasteiger charge is -2.32. The average molecular weight is 168 g/mol. The number of hydrogen-bond acceptors (Lipinski definition) is 2. The van der Waals surface area contributed by atoms with Crippen molar-refractivity contribution in [1.29, 1.82) is 0 Å². The van der Waals surface area contributed by atoms with Crippen LogP contribution in [0.4, 0.5) is 0 Å². The van der Waals surface area contributed by atoms with Crippen LogP contribution in [-0.2, 0) is 0 Å². The van der Waals surface area contributed by atoms with Gasteiger partial charge < -0.3 is 10.6 Å². The van der Waals surface area contributed by atoms with Crippen LogP contribution in [-0.4, -0.2) is 31.1 Å².